The van der Waals surface area contributed by atoms with Crippen LogP contribution >= 0.6 is 11.8 Å². The number of rotatable bonds is 11. The molecule has 12 heteroatoms. The lowest BCUT2D eigenvalue weighted by molar-refractivity contribution is -0.134. The maximum absolute atomic E-state index is 12.0. The summed E-state index contributed by atoms with van der Waals surface area (Å²) in [5, 5.41) is 33.6. The number of thioether (sulfide) groups is 1. The SMILES string of the molecule is CC(=O)SCC(=O)N[C@H](CO)C(=O)N[C@H](CO)C(=O)N[C@H](CO)C(C)=O. The van der Waals surface area contributed by atoms with Gasteiger partial charge in [-0.1, -0.05) is 11.8 Å². The van der Waals surface area contributed by atoms with Gasteiger partial charge in [-0.2, -0.15) is 0 Å². The molecule has 11 nitrogen and oxygen atoms in total. The Hall–Kier alpha value is -2.02. The highest BCUT2D eigenvalue weighted by atomic mass is 32.2. The third-order valence-corrected chi connectivity index (χ3v) is 3.86. The van der Waals surface area contributed by atoms with Crippen LogP contribution in [0.4, 0.5) is 0 Å². The van der Waals surface area contributed by atoms with Gasteiger partial charge in [0.05, 0.1) is 25.6 Å². The summed E-state index contributed by atoms with van der Waals surface area (Å²) < 4.78 is 0. The van der Waals surface area contributed by atoms with Crippen LogP contribution in [0.2, 0.25) is 0 Å². The highest BCUT2D eigenvalue weighted by molar-refractivity contribution is 8.14. The molecule has 0 saturated heterocycles. The third kappa shape index (κ3) is 8.89. The van der Waals surface area contributed by atoms with Gasteiger partial charge in [0, 0.05) is 6.92 Å². The molecule has 0 spiro atoms. The first-order valence-corrected chi connectivity index (χ1v) is 8.51. The van der Waals surface area contributed by atoms with Gasteiger partial charge in [0.25, 0.3) is 0 Å². The van der Waals surface area contributed by atoms with Gasteiger partial charge in [0.1, 0.15) is 18.1 Å². The van der Waals surface area contributed by atoms with Crippen molar-refractivity contribution in [1.82, 2.24) is 16.0 Å². The number of hydrogen-bond acceptors (Lipinski definition) is 9. The van der Waals surface area contributed by atoms with Crippen LogP contribution in [0.25, 0.3) is 0 Å². The molecule has 0 aromatic heterocycles. The van der Waals surface area contributed by atoms with E-state index in [1.165, 1.54) is 6.92 Å². The van der Waals surface area contributed by atoms with Gasteiger partial charge in [-0.15, -0.1) is 0 Å². The van der Waals surface area contributed by atoms with E-state index in [1.54, 1.807) is 0 Å². The maximum atomic E-state index is 12.0. The fraction of sp³-hybridized carbons (Fsp3) is 0.643. The summed E-state index contributed by atoms with van der Waals surface area (Å²) in [6.07, 6.45) is 0. The summed E-state index contributed by atoms with van der Waals surface area (Å²) in [6.45, 7) is 0.147. The molecule has 0 aliphatic rings. The van der Waals surface area contributed by atoms with E-state index in [2.05, 4.69) is 16.0 Å². The van der Waals surface area contributed by atoms with Crippen molar-refractivity contribution in [2.75, 3.05) is 25.6 Å². The fourth-order valence-corrected chi connectivity index (χ4v) is 2.03. The normalized spacial score (nSPS) is 13.9. The van der Waals surface area contributed by atoms with Crippen LogP contribution in [0.15, 0.2) is 0 Å². The Kier molecular flexibility index (Phi) is 11.4. The maximum Gasteiger partial charge on any atom is 0.245 e. The molecule has 26 heavy (non-hydrogen) atoms. The number of aliphatic hydroxyl groups is 3. The van der Waals surface area contributed by atoms with E-state index in [0.29, 0.717) is 11.8 Å². The summed E-state index contributed by atoms with van der Waals surface area (Å²) in [5.41, 5.74) is 0. The van der Waals surface area contributed by atoms with Gasteiger partial charge in [0.2, 0.25) is 17.7 Å². The van der Waals surface area contributed by atoms with Crippen molar-refractivity contribution in [1.29, 1.82) is 0 Å². The second kappa shape index (κ2) is 12.4. The topological polar surface area (TPSA) is 182 Å². The molecule has 0 bridgehead atoms. The highest BCUT2D eigenvalue weighted by Crippen LogP contribution is 2.00. The van der Waals surface area contributed by atoms with Crippen molar-refractivity contribution < 1.29 is 39.3 Å². The minimum Gasteiger partial charge on any atom is -0.394 e. The minimum absolute atomic E-state index is 0.250. The summed E-state index contributed by atoms with van der Waals surface area (Å²) in [4.78, 5) is 57.6. The molecule has 0 saturated carbocycles. The molecule has 6 N–H and O–H groups in total. The number of carbonyl (C=O) groups excluding carboxylic acids is 5. The quantitative estimate of drug-likeness (QED) is 0.206. The Morgan fingerprint density at radius 1 is 0.769 bits per heavy atom. The van der Waals surface area contributed by atoms with E-state index in [0.717, 1.165) is 6.92 Å². The van der Waals surface area contributed by atoms with Crippen molar-refractivity contribution >= 4 is 40.4 Å². The van der Waals surface area contributed by atoms with Crippen LogP contribution in [-0.4, -0.2) is 87.6 Å². The molecule has 3 amide bonds. The average Bonchev–Trinajstić information content (AvgIpc) is 2.59. The van der Waals surface area contributed by atoms with Gasteiger partial charge >= 0.3 is 0 Å². The predicted molar refractivity (Wildman–Crippen MR) is 90.9 cm³/mol. The molecule has 0 radical (unpaired) electrons. The van der Waals surface area contributed by atoms with E-state index in [1.807, 2.05) is 0 Å². The van der Waals surface area contributed by atoms with Gasteiger partial charge in [0.15, 0.2) is 10.9 Å². The summed E-state index contributed by atoms with van der Waals surface area (Å²) in [5.74, 6) is -3.33. The highest BCUT2D eigenvalue weighted by Gasteiger charge is 2.28. The van der Waals surface area contributed by atoms with E-state index < -0.39 is 61.5 Å². The van der Waals surface area contributed by atoms with Crippen LogP contribution < -0.4 is 16.0 Å². The number of hydrogen-bond donors (Lipinski definition) is 6. The van der Waals surface area contributed by atoms with Gasteiger partial charge < -0.3 is 31.3 Å². The van der Waals surface area contributed by atoms with Crippen molar-refractivity contribution in [2.45, 2.75) is 32.0 Å². The minimum atomic E-state index is -1.46. The number of ketones is 1. The zero-order valence-electron chi connectivity index (χ0n) is 14.4. The Bertz CT molecular complexity index is 542. The summed E-state index contributed by atoms with van der Waals surface area (Å²) in [7, 11) is 0. The first kappa shape index (κ1) is 24.0. The zero-order chi connectivity index (χ0) is 20.3. The summed E-state index contributed by atoms with van der Waals surface area (Å²) in [6, 6.07) is -4.06. The molecule has 0 aliphatic carbocycles. The van der Waals surface area contributed by atoms with Gasteiger partial charge in [-0.25, -0.2) is 0 Å². The van der Waals surface area contributed by atoms with Crippen molar-refractivity contribution in [3.63, 3.8) is 0 Å². The molecular formula is C14H23N3O8S. The molecule has 3 atom stereocenters. The van der Waals surface area contributed by atoms with E-state index >= 15 is 0 Å². The number of carbonyl (C=O) groups is 5. The Labute approximate surface area is 153 Å². The van der Waals surface area contributed by atoms with Crippen LogP contribution in [0, 0.1) is 0 Å². The lowest BCUT2D eigenvalue weighted by Gasteiger charge is -2.22. The second-order valence-corrected chi connectivity index (χ2v) is 6.33. The average molecular weight is 393 g/mol. The van der Waals surface area contributed by atoms with Crippen molar-refractivity contribution in [3.8, 4) is 0 Å². The molecule has 0 aliphatic heterocycles. The molecule has 0 rings (SSSR count). The lowest BCUT2D eigenvalue weighted by atomic mass is 10.2. The Balaban J connectivity index is 4.78. The van der Waals surface area contributed by atoms with Crippen LogP contribution in [0.5, 0.6) is 0 Å². The number of aliphatic hydroxyl groups excluding tert-OH is 3. The molecule has 0 unspecified atom stereocenters. The molecular weight excluding hydrogens is 370 g/mol. The molecule has 0 aromatic rings. The Morgan fingerprint density at radius 3 is 1.58 bits per heavy atom. The van der Waals surface area contributed by atoms with Crippen LogP contribution in [-0.2, 0) is 24.0 Å². The lowest BCUT2D eigenvalue weighted by Crippen LogP contribution is -2.58. The monoisotopic (exact) mass is 393 g/mol. The first-order chi connectivity index (χ1) is 12.2. The van der Waals surface area contributed by atoms with Crippen LogP contribution in [0.3, 0.4) is 0 Å². The molecule has 0 aromatic carbocycles. The number of Topliss-reactive ketones (excluding diaryl/α,β-unsaturated/α-hetero) is 1. The largest absolute Gasteiger partial charge is 0.394 e. The Morgan fingerprint density at radius 2 is 1.19 bits per heavy atom. The number of nitrogens with one attached hydrogen (secondary N) is 3. The van der Waals surface area contributed by atoms with E-state index in [9.17, 15) is 34.2 Å². The van der Waals surface area contributed by atoms with Crippen molar-refractivity contribution in [2.24, 2.45) is 0 Å². The standard InChI is InChI=1S/C14H23N3O8S/c1-7(21)9(3-18)16-14(25)11(5-20)17-13(24)10(4-19)15-12(23)6-26-8(2)22/h9-11,18-20H,3-6H2,1-2H3,(H,15,23)(H,16,25)(H,17,24)/t9-,10-,11-/m1/s1. The van der Waals surface area contributed by atoms with E-state index in [4.69, 9.17) is 5.11 Å². The van der Waals surface area contributed by atoms with Gasteiger partial charge in [-0.3, -0.25) is 24.0 Å². The van der Waals surface area contributed by atoms with E-state index in [-0.39, 0.29) is 10.9 Å². The van der Waals surface area contributed by atoms with Gasteiger partial charge in [-0.05, 0) is 6.92 Å². The smallest absolute Gasteiger partial charge is 0.245 e. The molecule has 0 fully saturated rings. The fourth-order valence-electron chi connectivity index (χ4n) is 1.61. The molecule has 148 valence electrons. The van der Waals surface area contributed by atoms with Crippen LogP contribution in [0.1, 0.15) is 13.8 Å². The van der Waals surface area contributed by atoms with Crippen molar-refractivity contribution in [3.05, 3.63) is 0 Å². The third-order valence-electron chi connectivity index (χ3n) is 3.05. The zero-order valence-corrected chi connectivity index (χ0v) is 15.2. The summed E-state index contributed by atoms with van der Waals surface area (Å²) >= 11 is 0.715. The number of amides is 3. The molecule has 0 heterocycles. The second-order valence-electron chi connectivity index (χ2n) is 5.18. The first-order valence-electron chi connectivity index (χ1n) is 7.52. The predicted octanol–water partition coefficient (Wildman–Crippen LogP) is -3.71.